The van der Waals surface area contributed by atoms with Crippen LogP contribution in [0.5, 0.6) is 0 Å². The zero-order valence-electron chi connectivity index (χ0n) is 13.7. The minimum absolute atomic E-state index is 0.0193. The molecule has 0 radical (unpaired) electrons. The number of carbonyl (C=O) groups excluding carboxylic acids is 2. The third-order valence-electron chi connectivity index (χ3n) is 3.39. The van der Waals surface area contributed by atoms with Crippen LogP contribution in [0.3, 0.4) is 0 Å². The number of amides is 2. The second kappa shape index (κ2) is 7.25. The second-order valence-corrected chi connectivity index (χ2v) is 6.11. The molecule has 0 saturated heterocycles. The lowest BCUT2D eigenvalue weighted by Gasteiger charge is -2.19. The molecule has 0 saturated carbocycles. The summed E-state index contributed by atoms with van der Waals surface area (Å²) in [5.74, 6) is 0.0658. The van der Waals surface area contributed by atoms with E-state index < -0.39 is 5.41 Å². The predicted octanol–water partition coefficient (Wildman–Crippen LogP) is 2.83. The smallest absolute Gasteiger partial charge is 0.253 e. The van der Waals surface area contributed by atoms with Gasteiger partial charge in [0.2, 0.25) is 5.91 Å². The maximum absolute atomic E-state index is 12.2. The summed E-state index contributed by atoms with van der Waals surface area (Å²) in [7, 11) is 0. The van der Waals surface area contributed by atoms with E-state index >= 15 is 0 Å². The van der Waals surface area contributed by atoms with Crippen LogP contribution in [0, 0.1) is 5.41 Å². The second-order valence-electron chi connectivity index (χ2n) is 6.11. The maximum Gasteiger partial charge on any atom is 0.253 e. The van der Waals surface area contributed by atoms with E-state index in [2.05, 4.69) is 5.32 Å². The molecule has 1 aromatic rings. The molecule has 0 bridgehead atoms. The van der Waals surface area contributed by atoms with Gasteiger partial charge in [0.05, 0.1) is 0 Å². The molecule has 1 rings (SSSR count). The molecule has 0 heterocycles. The van der Waals surface area contributed by atoms with Crippen molar-refractivity contribution in [3.8, 4) is 0 Å². The Morgan fingerprint density at radius 3 is 2.00 bits per heavy atom. The third-order valence-corrected chi connectivity index (χ3v) is 3.39. The van der Waals surface area contributed by atoms with Crippen molar-refractivity contribution < 1.29 is 9.59 Å². The highest BCUT2D eigenvalue weighted by Crippen LogP contribution is 2.13. The zero-order chi connectivity index (χ0) is 16.0. The monoisotopic (exact) mass is 290 g/mol. The number of nitrogens with one attached hydrogen (secondary N) is 1. The summed E-state index contributed by atoms with van der Waals surface area (Å²) in [5, 5.41) is 2.90. The Morgan fingerprint density at radius 2 is 1.57 bits per heavy atom. The molecule has 0 aliphatic rings. The van der Waals surface area contributed by atoms with Crippen molar-refractivity contribution in [3.63, 3.8) is 0 Å². The van der Waals surface area contributed by atoms with Crippen molar-refractivity contribution in [3.05, 3.63) is 35.4 Å². The summed E-state index contributed by atoms with van der Waals surface area (Å²) < 4.78 is 0. The molecule has 0 atom stereocenters. The molecule has 0 aliphatic heterocycles. The summed E-state index contributed by atoms with van der Waals surface area (Å²) in [6.07, 6.45) is 0. The van der Waals surface area contributed by atoms with Crippen molar-refractivity contribution >= 4 is 11.8 Å². The Hall–Kier alpha value is -1.84. The first-order valence-corrected chi connectivity index (χ1v) is 7.46. The van der Waals surface area contributed by atoms with Gasteiger partial charge in [0.15, 0.2) is 0 Å². The lowest BCUT2D eigenvalue weighted by Crippen LogP contribution is -2.34. The molecule has 0 aliphatic carbocycles. The van der Waals surface area contributed by atoms with Gasteiger partial charge in [-0.25, -0.2) is 0 Å². The van der Waals surface area contributed by atoms with Crippen molar-refractivity contribution in [2.45, 2.75) is 41.2 Å². The molecule has 4 nitrogen and oxygen atoms in total. The van der Waals surface area contributed by atoms with E-state index in [4.69, 9.17) is 0 Å². The van der Waals surface area contributed by atoms with Crippen LogP contribution < -0.4 is 5.32 Å². The molecule has 0 spiro atoms. The maximum atomic E-state index is 12.2. The number of hydrogen-bond acceptors (Lipinski definition) is 2. The highest BCUT2D eigenvalue weighted by atomic mass is 16.2. The van der Waals surface area contributed by atoms with Crippen LogP contribution in [0.2, 0.25) is 0 Å². The standard InChI is InChI=1S/C17H26N2O2/c1-6-19(7-2)15(20)14-10-8-13(9-11-14)12-18-16(21)17(3,4)5/h8-11H,6-7,12H2,1-5H3,(H,18,21). The van der Waals surface area contributed by atoms with Gasteiger partial charge in [-0.3, -0.25) is 9.59 Å². The van der Waals surface area contributed by atoms with Crippen LogP contribution in [-0.2, 0) is 11.3 Å². The number of nitrogens with zero attached hydrogens (tertiary/aromatic N) is 1. The number of benzene rings is 1. The summed E-state index contributed by atoms with van der Waals surface area (Å²) in [4.78, 5) is 25.8. The SMILES string of the molecule is CCN(CC)C(=O)c1ccc(CNC(=O)C(C)(C)C)cc1. The summed E-state index contributed by atoms with van der Waals surface area (Å²) in [6.45, 7) is 11.5. The molecule has 1 aromatic carbocycles. The highest BCUT2D eigenvalue weighted by molar-refractivity contribution is 5.94. The first-order valence-electron chi connectivity index (χ1n) is 7.46. The molecule has 0 unspecified atom stereocenters. The quantitative estimate of drug-likeness (QED) is 0.906. The van der Waals surface area contributed by atoms with Gasteiger partial charge in [0.25, 0.3) is 5.91 Å². The Morgan fingerprint density at radius 1 is 1.05 bits per heavy atom. The van der Waals surface area contributed by atoms with E-state index in [1.54, 1.807) is 4.90 Å². The van der Waals surface area contributed by atoms with Crippen LogP contribution in [0.1, 0.15) is 50.5 Å². The Labute approximate surface area is 127 Å². The van der Waals surface area contributed by atoms with Crippen LogP contribution in [0.25, 0.3) is 0 Å². The van der Waals surface area contributed by atoms with Crippen molar-refractivity contribution in [2.24, 2.45) is 5.41 Å². The first-order chi connectivity index (χ1) is 9.79. The van der Waals surface area contributed by atoms with Gasteiger partial charge < -0.3 is 10.2 Å². The third kappa shape index (κ3) is 4.88. The number of hydrogen-bond donors (Lipinski definition) is 1. The van der Waals surface area contributed by atoms with E-state index in [0.717, 1.165) is 5.56 Å². The van der Waals surface area contributed by atoms with E-state index in [-0.39, 0.29) is 11.8 Å². The number of carbonyl (C=O) groups is 2. The molecular weight excluding hydrogens is 264 g/mol. The van der Waals surface area contributed by atoms with Crippen molar-refractivity contribution in [1.82, 2.24) is 10.2 Å². The minimum atomic E-state index is -0.390. The lowest BCUT2D eigenvalue weighted by molar-refractivity contribution is -0.128. The Bertz CT molecular complexity index is 483. The average molecular weight is 290 g/mol. The van der Waals surface area contributed by atoms with Crippen molar-refractivity contribution in [2.75, 3.05) is 13.1 Å². The minimum Gasteiger partial charge on any atom is -0.352 e. The normalized spacial score (nSPS) is 11.1. The molecule has 4 heteroatoms. The van der Waals surface area contributed by atoms with Gasteiger partial charge in [0, 0.05) is 30.6 Å². The van der Waals surface area contributed by atoms with Gasteiger partial charge >= 0.3 is 0 Å². The Balaban J connectivity index is 2.66. The van der Waals surface area contributed by atoms with Gasteiger partial charge in [0.1, 0.15) is 0 Å². The van der Waals surface area contributed by atoms with E-state index in [1.807, 2.05) is 58.9 Å². The van der Waals surface area contributed by atoms with E-state index in [1.165, 1.54) is 0 Å². The largest absolute Gasteiger partial charge is 0.352 e. The van der Waals surface area contributed by atoms with Gasteiger partial charge in [-0.05, 0) is 31.5 Å². The summed E-state index contributed by atoms with van der Waals surface area (Å²) >= 11 is 0. The molecule has 2 amide bonds. The molecule has 116 valence electrons. The van der Waals surface area contributed by atoms with Gasteiger partial charge in [-0.15, -0.1) is 0 Å². The zero-order valence-corrected chi connectivity index (χ0v) is 13.7. The van der Waals surface area contributed by atoms with Crippen LogP contribution in [0.4, 0.5) is 0 Å². The highest BCUT2D eigenvalue weighted by Gasteiger charge is 2.20. The van der Waals surface area contributed by atoms with Crippen LogP contribution in [0.15, 0.2) is 24.3 Å². The summed E-state index contributed by atoms with van der Waals surface area (Å²) in [6, 6.07) is 7.41. The fourth-order valence-electron chi connectivity index (χ4n) is 1.91. The van der Waals surface area contributed by atoms with Crippen LogP contribution >= 0.6 is 0 Å². The van der Waals surface area contributed by atoms with Gasteiger partial charge in [-0.1, -0.05) is 32.9 Å². The Kier molecular flexibility index (Phi) is 5.94. The molecular formula is C17H26N2O2. The summed E-state index contributed by atoms with van der Waals surface area (Å²) in [5.41, 5.74) is 1.28. The average Bonchev–Trinajstić information content (AvgIpc) is 2.45. The first kappa shape index (κ1) is 17.2. The molecule has 21 heavy (non-hydrogen) atoms. The van der Waals surface area contributed by atoms with Gasteiger partial charge in [-0.2, -0.15) is 0 Å². The lowest BCUT2D eigenvalue weighted by atomic mass is 9.95. The van der Waals surface area contributed by atoms with E-state index in [0.29, 0.717) is 25.2 Å². The fraction of sp³-hybridized carbons (Fsp3) is 0.529. The molecule has 1 N–H and O–H groups in total. The van der Waals surface area contributed by atoms with E-state index in [9.17, 15) is 9.59 Å². The molecule has 0 aromatic heterocycles. The topological polar surface area (TPSA) is 49.4 Å². The van der Waals surface area contributed by atoms with Crippen molar-refractivity contribution in [1.29, 1.82) is 0 Å². The molecule has 0 fully saturated rings. The predicted molar refractivity (Wildman–Crippen MR) is 85.0 cm³/mol. The van der Waals surface area contributed by atoms with Crippen LogP contribution in [-0.4, -0.2) is 29.8 Å². The fourth-order valence-corrected chi connectivity index (χ4v) is 1.91. The number of rotatable bonds is 5.